The van der Waals surface area contributed by atoms with E-state index in [2.05, 4.69) is 27.7 Å². The maximum Gasteiger partial charge on any atom is 0.306 e. The lowest BCUT2D eigenvalue weighted by Crippen LogP contribution is -2.57. The number of esters is 1. The summed E-state index contributed by atoms with van der Waals surface area (Å²) in [5, 5.41) is 0. The van der Waals surface area contributed by atoms with Crippen molar-refractivity contribution >= 4 is 11.9 Å². The van der Waals surface area contributed by atoms with E-state index in [1.807, 2.05) is 4.90 Å². The van der Waals surface area contributed by atoms with Crippen LogP contribution in [-0.2, 0) is 14.3 Å². The number of hydrogen-bond donors (Lipinski definition) is 0. The molecule has 0 bridgehead atoms. The van der Waals surface area contributed by atoms with Crippen LogP contribution in [0.15, 0.2) is 0 Å². The summed E-state index contributed by atoms with van der Waals surface area (Å²) in [6, 6.07) is 0. The number of nitrogens with zero attached hydrogens (tertiary/aromatic N) is 1. The first kappa shape index (κ1) is 19.3. The maximum atomic E-state index is 13.2. The molecule has 1 aliphatic heterocycles. The van der Waals surface area contributed by atoms with E-state index in [4.69, 9.17) is 4.74 Å². The fourth-order valence-electron chi connectivity index (χ4n) is 7.71. The van der Waals surface area contributed by atoms with Gasteiger partial charge in [-0.15, -0.1) is 0 Å². The van der Waals surface area contributed by atoms with Gasteiger partial charge in [0.15, 0.2) is 0 Å². The zero-order valence-electron chi connectivity index (χ0n) is 17.6. The van der Waals surface area contributed by atoms with Crippen molar-refractivity contribution in [3.63, 3.8) is 0 Å². The lowest BCUT2D eigenvalue weighted by Gasteiger charge is -2.59. The number of amides is 1. The summed E-state index contributed by atoms with van der Waals surface area (Å²) >= 11 is 0. The van der Waals surface area contributed by atoms with Crippen LogP contribution in [0.5, 0.6) is 0 Å². The quantitative estimate of drug-likeness (QED) is 0.686. The number of rotatable bonds is 3. The first-order valence-electron chi connectivity index (χ1n) is 11.3. The Morgan fingerprint density at radius 1 is 1.00 bits per heavy atom. The third-order valence-electron chi connectivity index (χ3n) is 9.30. The van der Waals surface area contributed by atoms with Gasteiger partial charge in [-0.2, -0.15) is 0 Å². The molecule has 1 heterocycles. The highest BCUT2D eigenvalue weighted by Crippen LogP contribution is 2.66. The summed E-state index contributed by atoms with van der Waals surface area (Å²) in [5.74, 6) is 2.63. The molecule has 3 unspecified atom stereocenters. The van der Waals surface area contributed by atoms with E-state index >= 15 is 0 Å². The summed E-state index contributed by atoms with van der Waals surface area (Å²) in [5.41, 5.74) is 0.314. The highest BCUT2D eigenvalue weighted by atomic mass is 16.5. The summed E-state index contributed by atoms with van der Waals surface area (Å²) in [4.78, 5) is 27.1. The largest absolute Gasteiger partial charge is 0.462 e. The van der Waals surface area contributed by atoms with Crippen molar-refractivity contribution in [2.75, 3.05) is 13.1 Å². The molecule has 3 aliphatic carbocycles. The van der Waals surface area contributed by atoms with Crippen LogP contribution in [0.2, 0.25) is 0 Å². The average Bonchev–Trinajstić information content (AvgIpc) is 3.00. The van der Waals surface area contributed by atoms with E-state index in [1.165, 1.54) is 19.3 Å². The van der Waals surface area contributed by atoms with Crippen molar-refractivity contribution in [3.8, 4) is 0 Å². The number of ether oxygens (including phenoxy) is 1. The highest BCUT2D eigenvalue weighted by Gasteiger charge is 2.62. The number of hydrogen-bond acceptors (Lipinski definition) is 3. The van der Waals surface area contributed by atoms with Crippen molar-refractivity contribution < 1.29 is 14.3 Å². The van der Waals surface area contributed by atoms with Gasteiger partial charge in [-0.25, -0.2) is 0 Å². The predicted octanol–water partition coefficient (Wildman–Crippen LogP) is 4.42. The fraction of sp³-hybridized carbons (Fsp3) is 0.913. The number of carbonyl (C=O) groups excluding carboxylic acids is 2. The van der Waals surface area contributed by atoms with Gasteiger partial charge in [0.2, 0.25) is 5.91 Å². The Labute approximate surface area is 164 Å². The summed E-state index contributed by atoms with van der Waals surface area (Å²) in [6.07, 6.45) is 8.51. The number of fused-ring (bicyclic) bond motifs is 5. The molecule has 4 nitrogen and oxygen atoms in total. The Bertz CT molecular complexity index is 615. The molecule has 4 heteroatoms. The van der Waals surface area contributed by atoms with Crippen LogP contribution < -0.4 is 0 Å². The van der Waals surface area contributed by atoms with Gasteiger partial charge >= 0.3 is 5.97 Å². The van der Waals surface area contributed by atoms with Crippen molar-refractivity contribution in [2.24, 2.45) is 34.5 Å². The maximum absolute atomic E-state index is 13.2. The molecule has 4 rings (SSSR count). The standard InChI is InChI=1S/C23H37NO3/c1-5-24(6-2)21(26)18-9-8-16-15-7-10-19-23(4,14-12-20(25)27-19)17(15)11-13-22(16,18)3/h15-19H,5-14H2,1-4H3/t15?,16?,17?,18-,19-,22+,23-/m1/s1. The third-order valence-corrected chi connectivity index (χ3v) is 9.30. The molecule has 4 aliphatic rings. The zero-order valence-corrected chi connectivity index (χ0v) is 17.6. The van der Waals surface area contributed by atoms with E-state index in [0.29, 0.717) is 30.1 Å². The highest BCUT2D eigenvalue weighted by molar-refractivity contribution is 5.80. The molecule has 3 saturated carbocycles. The van der Waals surface area contributed by atoms with E-state index in [-0.39, 0.29) is 28.8 Å². The van der Waals surface area contributed by atoms with Crippen LogP contribution in [0.3, 0.4) is 0 Å². The summed E-state index contributed by atoms with van der Waals surface area (Å²) in [7, 11) is 0. The molecule has 0 aromatic heterocycles. The van der Waals surface area contributed by atoms with Gasteiger partial charge in [0.25, 0.3) is 0 Å². The average molecular weight is 376 g/mol. The van der Waals surface area contributed by atoms with Gasteiger partial charge in [0.1, 0.15) is 6.10 Å². The minimum absolute atomic E-state index is 0.00215. The molecule has 4 fully saturated rings. The van der Waals surface area contributed by atoms with Crippen LogP contribution >= 0.6 is 0 Å². The topological polar surface area (TPSA) is 46.6 Å². The smallest absolute Gasteiger partial charge is 0.306 e. The zero-order chi connectivity index (χ0) is 19.4. The normalized spacial score (nSPS) is 46.1. The second kappa shape index (κ2) is 6.77. The first-order chi connectivity index (χ1) is 12.8. The molecule has 0 aromatic rings. The molecule has 0 spiro atoms. The second-order valence-electron chi connectivity index (χ2n) is 10.1. The third kappa shape index (κ3) is 2.76. The fourth-order valence-corrected chi connectivity index (χ4v) is 7.71. The van der Waals surface area contributed by atoms with Crippen molar-refractivity contribution in [2.45, 2.75) is 85.2 Å². The Balaban J connectivity index is 1.57. The molecule has 0 N–H and O–H groups in total. The molecule has 27 heavy (non-hydrogen) atoms. The SMILES string of the molecule is CCN(CC)C(=O)[C@H]1CCC2C3CC[C@H]4OC(=O)CC[C@]4(C)C3CC[C@@]21C. The Morgan fingerprint density at radius 2 is 1.70 bits per heavy atom. The van der Waals surface area contributed by atoms with Gasteiger partial charge in [-0.3, -0.25) is 9.59 Å². The van der Waals surface area contributed by atoms with E-state index in [9.17, 15) is 9.59 Å². The second-order valence-corrected chi connectivity index (χ2v) is 10.1. The molecule has 7 atom stereocenters. The lowest BCUT2D eigenvalue weighted by molar-refractivity contribution is -0.192. The van der Waals surface area contributed by atoms with E-state index in [1.54, 1.807) is 0 Å². The van der Waals surface area contributed by atoms with Gasteiger partial charge in [-0.1, -0.05) is 13.8 Å². The van der Waals surface area contributed by atoms with Crippen LogP contribution in [0, 0.1) is 34.5 Å². The van der Waals surface area contributed by atoms with Gasteiger partial charge in [0, 0.05) is 30.8 Å². The summed E-state index contributed by atoms with van der Waals surface area (Å²) < 4.78 is 5.80. The molecular weight excluding hydrogens is 338 g/mol. The van der Waals surface area contributed by atoms with Gasteiger partial charge in [0.05, 0.1) is 0 Å². The number of carbonyl (C=O) groups is 2. The Hall–Kier alpha value is -1.06. The molecule has 1 amide bonds. The summed E-state index contributed by atoms with van der Waals surface area (Å²) in [6.45, 7) is 10.6. The van der Waals surface area contributed by atoms with Crippen LogP contribution in [-0.4, -0.2) is 36.0 Å². The lowest BCUT2D eigenvalue weighted by atomic mass is 9.47. The van der Waals surface area contributed by atoms with E-state index < -0.39 is 0 Å². The van der Waals surface area contributed by atoms with Crippen LogP contribution in [0.1, 0.15) is 79.1 Å². The van der Waals surface area contributed by atoms with Crippen molar-refractivity contribution in [1.29, 1.82) is 0 Å². The molecule has 0 radical (unpaired) electrons. The minimum Gasteiger partial charge on any atom is -0.462 e. The molecular formula is C23H37NO3. The van der Waals surface area contributed by atoms with Gasteiger partial charge < -0.3 is 9.64 Å². The molecule has 1 saturated heterocycles. The van der Waals surface area contributed by atoms with Crippen molar-refractivity contribution in [3.05, 3.63) is 0 Å². The predicted molar refractivity (Wildman–Crippen MR) is 105 cm³/mol. The van der Waals surface area contributed by atoms with E-state index in [0.717, 1.165) is 38.8 Å². The van der Waals surface area contributed by atoms with Crippen molar-refractivity contribution in [1.82, 2.24) is 4.90 Å². The molecule has 0 aromatic carbocycles. The first-order valence-corrected chi connectivity index (χ1v) is 11.3. The minimum atomic E-state index is 0.00215. The molecule has 152 valence electrons. The monoisotopic (exact) mass is 375 g/mol. The van der Waals surface area contributed by atoms with Gasteiger partial charge in [-0.05, 0) is 82.0 Å². The van der Waals surface area contributed by atoms with Crippen LogP contribution in [0.25, 0.3) is 0 Å². The van der Waals surface area contributed by atoms with Crippen LogP contribution in [0.4, 0.5) is 0 Å². The Kier molecular flexibility index (Phi) is 4.83. The Morgan fingerprint density at radius 3 is 2.41 bits per heavy atom.